The lowest BCUT2D eigenvalue weighted by atomic mass is 9.92. The van der Waals surface area contributed by atoms with E-state index in [0.29, 0.717) is 0 Å². The molecule has 2 N–H and O–H groups in total. The standard InChI is InChI=1S/C16H22N2/c1-2-12-5-6-16-15(9-12)14(11-18-16)8-13-4-3-7-17-10-13/h5-6,9,11,13,17-18H,2-4,7-8,10H2,1H3. The van der Waals surface area contributed by atoms with Gasteiger partial charge in [0.15, 0.2) is 0 Å². The van der Waals surface area contributed by atoms with Crippen LogP contribution in [0.3, 0.4) is 0 Å². The van der Waals surface area contributed by atoms with Gasteiger partial charge in [-0.05, 0) is 68.0 Å². The summed E-state index contributed by atoms with van der Waals surface area (Å²) in [4.78, 5) is 3.41. The van der Waals surface area contributed by atoms with Crippen LogP contribution in [0.4, 0.5) is 0 Å². The molecule has 0 aliphatic carbocycles. The summed E-state index contributed by atoms with van der Waals surface area (Å²) in [6.07, 6.45) is 7.23. The van der Waals surface area contributed by atoms with Crippen LogP contribution in [0.15, 0.2) is 24.4 Å². The minimum Gasteiger partial charge on any atom is -0.361 e. The molecule has 2 heteroatoms. The fourth-order valence-electron chi connectivity index (χ4n) is 3.02. The number of aryl methyl sites for hydroxylation is 1. The van der Waals surface area contributed by atoms with Crippen LogP contribution in [0, 0.1) is 5.92 Å². The molecule has 0 bridgehead atoms. The maximum absolute atomic E-state index is 3.51. The number of H-pyrrole nitrogens is 1. The van der Waals surface area contributed by atoms with E-state index in [1.165, 1.54) is 54.4 Å². The van der Waals surface area contributed by atoms with Gasteiger partial charge < -0.3 is 10.3 Å². The average Bonchev–Trinajstić information content (AvgIpc) is 2.82. The highest BCUT2D eigenvalue weighted by Crippen LogP contribution is 2.24. The third-order valence-electron chi connectivity index (χ3n) is 4.15. The van der Waals surface area contributed by atoms with Crippen molar-refractivity contribution in [2.75, 3.05) is 13.1 Å². The minimum atomic E-state index is 0.808. The van der Waals surface area contributed by atoms with Gasteiger partial charge in [0.05, 0.1) is 0 Å². The quantitative estimate of drug-likeness (QED) is 0.849. The van der Waals surface area contributed by atoms with Crippen molar-refractivity contribution >= 4 is 10.9 Å². The van der Waals surface area contributed by atoms with Crippen LogP contribution in [0.5, 0.6) is 0 Å². The molecule has 1 aliphatic heterocycles. The second-order valence-corrected chi connectivity index (χ2v) is 5.46. The highest BCUT2D eigenvalue weighted by molar-refractivity contribution is 5.83. The summed E-state index contributed by atoms with van der Waals surface area (Å²) in [7, 11) is 0. The lowest BCUT2D eigenvalue weighted by Crippen LogP contribution is -2.30. The average molecular weight is 242 g/mol. The highest BCUT2D eigenvalue weighted by atomic mass is 14.9. The van der Waals surface area contributed by atoms with Gasteiger partial charge in [0.1, 0.15) is 0 Å². The fraction of sp³-hybridized carbons (Fsp3) is 0.500. The molecule has 1 aromatic heterocycles. The molecule has 1 atom stereocenters. The summed E-state index contributed by atoms with van der Waals surface area (Å²) < 4.78 is 0. The summed E-state index contributed by atoms with van der Waals surface area (Å²) >= 11 is 0. The fourth-order valence-corrected chi connectivity index (χ4v) is 3.02. The number of rotatable bonds is 3. The van der Waals surface area contributed by atoms with Crippen molar-refractivity contribution in [2.45, 2.75) is 32.6 Å². The van der Waals surface area contributed by atoms with E-state index in [1.807, 2.05) is 0 Å². The van der Waals surface area contributed by atoms with E-state index in [4.69, 9.17) is 0 Å². The molecule has 0 radical (unpaired) electrons. The highest BCUT2D eigenvalue weighted by Gasteiger charge is 2.15. The minimum absolute atomic E-state index is 0.808. The van der Waals surface area contributed by atoms with Crippen molar-refractivity contribution in [3.05, 3.63) is 35.5 Å². The zero-order valence-corrected chi connectivity index (χ0v) is 11.1. The Kier molecular flexibility index (Phi) is 3.37. The first-order chi connectivity index (χ1) is 8.86. The maximum Gasteiger partial charge on any atom is 0.0456 e. The molecule has 1 saturated heterocycles. The van der Waals surface area contributed by atoms with Gasteiger partial charge in [0.25, 0.3) is 0 Å². The van der Waals surface area contributed by atoms with Gasteiger partial charge >= 0.3 is 0 Å². The largest absolute Gasteiger partial charge is 0.361 e. The molecule has 2 nitrogen and oxygen atoms in total. The molecule has 0 spiro atoms. The first-order valence-corrected chi connectivity index (χ1v) is 7.16. The van der Waals surface area contributed by atoms with E-state index in [9.17, 15) is 0 Å². The zero-order chi connectivity index (χ0) is 12.4. The van der Waals surface area contributed by atoms with Crippen molar-refractivity contribution in [1.82, 2.24) is 10.3 Å². The molecule has 96 valence electrons. The molecule has 0 amide bonds. The summed E-state index contributed by atoms with van der Waals surface area (Å²) in [5.41, 5.74) is 4.21. The smallest absolute Gasteiger partial charge is 0.0456 e. The van der Waals surface area contributed by atoms with Crippen molar-refractivity contribution in [2.24, 2.45) is 5.92 Å². The third-order valence-corrected chi connectivity index (χ3v) is 4.15. The Hall–Kier alpha value is -1.28. The van der Waals surface area contributed by atoms with Crippen molar-refractivity contribution in [3.63, 3.8) is 0 Å². The molecule has 1 fully saturated rings. The van der Waals surface area contributed by atoms with Gasteiger partial charge in [-0.25, -0.2) is 0 Å². The molecule has 2 heterocycles. The zero-order valence-electron chi connectivity index (χ0n) is 11.1. The van der Waals surface area contributed by atoms with Crippen LogP contribution in [0.1, 0.15) is 30.9 Å². The summed E-state index contributed by atoms with van der Waals surface area (Å²) in [5, 5.41) is 4.94. The van der Waals surface area contributed by atoms with E-state index in [1.54, 1.807) is 0 Å². The van der Waals surface area contributed by atoms with Crippen LogP contribution in [-0.2, 0) is 12.8 Å². The Morgan fingerprint density at radius 1 is 1.33 bits per heavy atom. The SMILES string of the molecule is CCc1ccc2[nH]cc(CC3CCCNC3)c2c1. The molecule has 1 aromatic carbocycles. The number of benzene rings is 1. The third kappa shape index (κ3) is 2.30. The number of piperidine rings is 1. The van der Waals surface area contributed by atoms with Gasteiger partial charge in [-0.15, -0.1) is 0 Å². The number of aromatic amines is 1. The van der Waals surface area contributed by atoms with Gasteiger partial charge in [-0.3, -0.25) is 0 Å². The van der Waals surface area contributed by atoms with Crippen LogP contribution in [-0.4, -0.2) is 18.1 Å². The van der Waals surface area contributed by atoms with Gasteiger partial charge in [-0.1, -0.05) is 13.0 Å². The molecular weight excluding hydrogens is 220 g/mol. The van der Waals surface area contributed by atoms with Crippen LogP contribution in [0.2, 0.25) is 0 Å². The summed E-state index contributed by atoms with van der Waals surface area (Å²) in [6.45, 7) is 4.60. The van der Waals surface area contributed by atoms with E-state index in [2.05, 4.69) is 41.6 Å². The first-order valence-electron chi connectivity index (χ1n) is 7.16. The Labute approximate surface area is 109 Å². The number of hydrogen-bond acceptors (Lipinski definition) is 1. The van der Waals surface area contributed by atoms with Crippen LogP contribution < -0.4 is 5.32 Å². The number of aromatic nitrogens is 1. The van der Waals surface area contributed by atoms with Crippen molar-refractivity contribution in [1.29, 1.82) is 0 Å². The second kappa shape index (κ2) is 5.15. The van der Waals surface area contributed by atoms with E-state index < -0.39 is 0 Å². The van der Waals surface area contributed by atoms with Crippen LogP contribution >= 0.6 is 0 Å². The van der Waals surface area contributed by atoms with Crippen molar-refractivity contribution in [3.8, 4) is 0 Å². The summed E-state index contributed by atoms with van der Waals surface area (Å²) in [6, 6.07) is 6.80. The number of fused-ring (bicyclic) bond motifs is 1. The van der Waals surface area contributed by atoms with Gasteiger partial charge in [-0.2, -0.15) is 0 Å². The van der Waals surface area contributed by atoms with Gasteiger partial charge in [0.2, 0.25) is 0 Å². The molecule has 1 unspecified atom stereocenters. The molecule has 0 saturated carbocycles. The van der Waals surface area contributed by atoms with E-state index in [0.717, 1.165) is 12.3 Å². The van der Waals surface area contributed by atoms with Crippen LogP contribution in [0.25, 0.3) is 10.9 Å². The number of hydrogen-bond donors (Lipinski definition) is 2. The predicted octanol–water partition coefficient (Wildman–Crippen LogP) is 3.27. The maximum atomic E-state index is 3.51. The Morgan fingerprint density at radius 3 is 3.06 bits per heavy atom. The Bertz CT molecular complexity index is 521. The van der Waals surface area contributed by atoms with Gasteiger partial charge in [0, 0.05) is 17.1 Å². The Balaban J connectivity index is 1.86. The lowest BCUT2D eigenvalue weighted by Gasteiger charge is -2.22. The normalized spacial score (nSPS) is 20.4. The molecule has 2 aromatic rings. The molecule has 18 heavy (non-hydrogen) atoms. The second-order valence-electron chi connectivity index (χ2n) is 5.46. The summed E-state index contributed by atoms with van der Waals surface area (Å²) in [5.74, 6) is 0.808. The Morgan fingerprint density at radius 2 is 2.28 bits per heavy atom. The molecule has 1 aliphatic rings. The molecular formula is C16H22N2. The van der Waals surface area contributed by atoms with E-state index >= 15 is 0 Å². The predicted molar refractivity (Wildman–Crippen MR) is 77.0 cm³/mol. The number of nitrogens with one attached hydrogen (secondary N) is 2. The first kappa shape index (κ1) is 11.8. The topological polar surface area (TPSA) is 27.8 Å². The molecule has 3 rings (SSSR count). The lowest BCUT2D eigenvalue weighted by molar-refractivity contribution is 0.377. The van der Waals surface area contributed by atoms with Crippen molar-refractivity contribution < 1.29 is 0 Å². The monoisotopic (exact) mass is 242 g/mol. The van der Waals surface area contributed by atoms with E-state index in [-0.39, 0.29) is 0 Å².